The lowest BCUT2D eigenvalue weighted by Gasteiger charge is -2.27. The van der Waals surface area contributed by atoms with Crippen LogP contribution in [0.5, 0.6) is 0 Å². The van der Waals surface area contributed by atoms with Crippen LogP contribution in [-0.4, -0.2) is 54.8 Å². The molecule has 0 aliphatic heterocycles. The van der Waals surface area contributed by atoms with Crippen LogP contribution in [0.4, 0.5) is 0 Å². The zero-order valence-corrected chi connectivity index (χ0v) is 19.2. The summed E-state index contributed by atoms with van der Waals surface area (Å²) in [6.45, 7) is 0.0254. The monoisotopic (exact) mass is 472 g/mol. The molecule has 0 heterocycles. The van der Waals surface area contributed by atoms with Crippen molar-refractivity contribution in [2.75, 3.05) is 25.7 Å². The molecule has 0 radical (unpaired) electrons. The fraction of sp³-hybridized carbons (Fsp3) is 0.429. The molecule has 31 heavy (non-hydrogen) atoms. The Bertz CT molecular complexity index is 977. The van der Waals surface area contributed by atoms with Gasteiger partial charge in [-0.2, -0.15) is 16.8 Å². The van der Waals surface area contributed by atoms with Gasteiger partial charge >= 0.3 is 0 Å². The fourth-order valence-electron chi connectivity index (χ4n) is 2.70. The van der Waals surface area contributed by atoms with Gasteiger partial charge in [0.1, 0.15) is 6.10 Å². The second kappa shape index (κ2) is 12.3. The zero-order chi connectivity index (χ0) is 22.7. The van der Waals surface area contributed by atoms with Crippen LogP contribution in [0, 0.1) is 0 Å². The SMILES string of the molecule is CS(=O)(=O)OCC[C@@H](OCc1ccccc1)[C@@H](COS(C)(=O)=O)OCc1ccccc1. The lowest BCUT2D eigenvalue weighted by Crippen LogP contribution is -2.37. The van der Waals surface area contributed by atoms with E-state index in [1.165, 1.54) is 0 Å². The average Bonchev–Trinajstić information content (AvgIpc) is 2.71. The number of benzene rings is 2. The summed E-state index contributed by atoms with van der Waals surface area (Å²) in [6, 6.07) is 18.8. The molecule has 0 amide bonds. The molecule has 0 spiro atoms. The van der Waals surface area contributed by atoms with Crippen molar-refractivity contribution in [1.82, 2.24) is 0 Å². The number of rotatable bonds is 14. The topological polar surface area (TPSA) is 105 Å². The molecule has 2 atom stereocenters. The van der Waals surface area contributed by atoms with Gasteiger partial charge in [0.2, 0.25) is 0 Å². The van der Waals surface area contributed by atoms with E-state index in [2.05, 4.69) is 0 Å². The molecule has 0 unspecified atom stereocenters. The smallest absolute Gasteiger partial charge is 0.264 e. The molecule has 8 nitrogen and oxygen atoms in total. The molecule has 10 heteroatoms. The van der Waals surface area contributed by atoms with Crippen molar-refractivity contribution in [3.8, 4) is 0 Å². The standard InChI is InChI=1S/C21H28O8S2/c1-30(22,23)28-14-13-20(26-15-18-9-5-3-6-10-18)21(17-29-31(2,24)25)27-16-19-11-7-4-8-12-19/h3-12,20-21H,13-17H2,1-2H3/t20-,21-/m1/s1. The zero-order valence-electron chi connectivity index (χ0n) is 17.5. The molecule has 0 fully saturated rings. The van der Waals surface area contributed by atoms with Crippen LogP contribution in [-0.2, 0) is 51.3 Å². The molecule has 0 aliphatic rings. The molecule has 0 bridgehead atoms. The van der Waals surface area contributed by atoms with E-state index in [1.54, 1.807) is 0 Å². The van der Waals surface area contributed by atoms with Gasteiger partial charge in [0, 0.05) is 6.42 Å². The summed E-state index contributed by atoms with van der Waals surface area (Å²) in [7, 11) is -7.34. The summed E-state index contributed by atoms with van der Waals surface area (Å²) >= 11 is 0. The Balaban J connectivity index is 2.13. The van der Waals surface area contributed by atoms with Crippen molar-refractivity contribution in [3.63, 3.8) is 0 Å². The Morgan fingerprint density at radius 1 is 0.677 bits per heavy atom. The first-order valence-corrected chi connectivity index (χ1v) is 13.3. The van der Waals surface area contributed by atoms with Crippen molar-refractivity contribution < 1.29 is 34.7 Å². The van der Waals surface area contributed by atoms with Crippen molar-refractivity contribution >= 4 is 20.2 Å². The third kappa shape index (κ3) is 11.4. The maximum absolute atomic E-state index is 11.5. The van der Waals surface area contributed by atoms with Crippen LogP contribution in [0.2, 0.25) is 0 Å². The van der Waals surface area contributed by atoms with Gasteiger partial charge in [-0.1, -0.05) is 60.7 Å². The van der Waals surface area contributed by atoms with E-state index in [0.29, 0.717) is 0 Å². The Labute approximate surface area is 184 Å². The van der Waals surface area contributed by atoms with E-state index in [-0.39, 0.29) is 32.8 Å². The molecule has 2 aromatic rings. The van der Waals surface area contributed by atoms with E-state index in [4.69, 9.17) is 17.8 Å². The van der Waals surface area contributed by atoms with Gasteiger partial charge in [0.15, 0.2) is 0 Å². The quantitative estimate of drug-likeness (QED) is 0.386. The first kappa shape index (κ1) is 25.4. The Morgan fingerprint density at radius 2 is 1.13 bits per heavy atom. The van der Waals surface area contributed by atoms with Gasteiger partial charge in [-0.3, -0.25) is 8.37 Å². The fourth-order valence-corrected chi connectivity index (χ4v) is 3.48. The first-order chi connectivity index (χ1) is 14.6. The summed E-state index contributed by atoms with van der Waals surface area (Å²) in [5, 5.41) is 0. The highest BCUT2D eigenvalue weighted by molar-refractivity contribution is 7.86. The lowest BCUT2D eigenvalue weighted by molar-refractivity contribution is -0.104. The van der Waals surface area contributed by atoms with E-state index < -0.39 is 32.4 Å². The van der Waals surface area contributed by atoms with E-state index in [0.717, 1.165) is 23.6 Å². The molecule has 2 aromatic carbocycles. The molecule has 0 saturated heterocycles. The van der Waals surface area contributed by atoms with Gasteiger partial charge in [-0.15, -0.1) is 0 Å². The predicted octanol–water partition coefficient (Wildman–Crippen LogP) is 2.50. The predicted molar refractivity (Wildman–Crippen MR) is 116 cm³/mol. The minimum Gasteiger partial charge on any atom is -0.371 e. The van der Waals surface area contributed by atoms with Gasteiger partial charge < -0.3 is 9.47 Å². The number of ether oxygens (including phenoxy) is 2. The van der Waals surface area contributed by atoms with Crippen LogP contribution in [0.25, 0.3) is 0 Å². The summed E-state index contributed by atoms with van der Waals surface area (Å²) in [5.41, 5.74) is 1.79. The highest BCUT2D eigenvalue weighted by Crippen LogP contribution is 2.16. The molecule has 172 valence electrons. The third-order valence-electron chi connectivity index (χ3n) is 4.17. The minimum absolute atomic E-state index is 0.137. The normalized spacial score (nSPS) is 14.3. The van der Waals surface area contributed by atoms with E-state index in [9.17, 15) is 16.8 Å². The van der Waals surface area contributed by atoms with E-state index in [1.807, 2.05) is 60.7 Å². The van der Waals surface area contributed by atoms with E-state index >= 15 is 0 Å². The molecular weight excluding hydrogens is 444 g/mol. The molecular formula is C21H28O8S2. The Hall–Kier alpha value is -1.82. The maximum Gasteiger partial charge on any atom is 0.264 e. The highest BCUT2D eigenvalue weighted by Gasteiger charge is 2.26. The van der Waals surface area contributed by atoms with Gasteiger partial charge in [-0.25, -0.2) is 0 Å². The molecule has 0 aliphatic carbocycles. The number of hydrogen-bond acceptors (Lipinski definition) is 8. The van der Waals surface area contributed by atoms with Crippen LogP contribution in [0.1, 0.15) is 17.5 Å². The largest absolute Gasteiger partial charge is 0.371 e. The molecule has 0 aromatic heterocycles. The van der Waals surface area contributed by atoms with Crippen molar-refractivity contribution in [2.45, 2.75) is 31.8 Å². The minimum atomic E-state index is -3.71. The average molecular weight is 473 g/mol. The van der Waals surface area contributed by atoms with Gasteiger partial charge in [0.25, 0.3) is 20.2 Å². The van der Waals surface area contributed by atoms with Gasteiger partial charge in [-0.05, 0) is 11.1 Å². The molecule has 0 N–H and O–H groups in total. The molecule has 2 rings (SSSR count). The van der Waals surface area contributed by atoms with Crippen LogP contribution >= 0.6 is 0 Å². The second-order valence-corrected chi connectivity index (χ2v) is 10.3. The maximum atomic E-state index is 11.5. The van der Waals surface area contributed by atoms with Crippen molar-refractivity contribution in [3.05, 3.63) is 71.8 Å². The summed E-state index contributed by atoms with van der Waals surface area (Å²) in [6.07, 6.45) is 0.623. The summed E-state index contributed by atoms with van der Waals surface area (Å²) in [4.78, 5) is 0. The Kier molecular flexibility index (Phi) is 10.1. The second-order valence-electron chi connectivity index (χ2n) is 6.97. The van der Waals surface area contributed by atoms with Gasteiger partial charge in [0.05, 0.1) is 45.0 Å². The van der Waals surface area contributed by atoms with Crippen LogP contribution < -0.4 is 0 Å². The Morgan fingerprint density at radius 3 is 1.58 bits per heavy atom. The summed E-state index contributed by atoms with van der Waals surface area (Å²) < 4.78 is 67.5. The highest BCUT2D eigenvalue weighted by atomic mass is 32.2. The van der Waals surface area contributed by atoms with Crippen molar-refractivity contribution in [1.29, 1.82) is 0 Å². The molecule has 0 saturated carbocycles. The van der Waals surface area contributed by atoms with Crippen molar-refractivity contribution in [2.24, 2.45) is 0 Å². The number of hydrogen-bond donors (Lipinski definition) is 0. The van der Waals surface area contributed by atoms with Crippen LogP contribution in [0.15, 0.2) is 60.7 Å². The van der Waals surface area contributed by atoms with Crippen LogP contribution in [0.3, 0.4) is 0 Å². The third-order valence-corrected chi connectivity index (χ3v) is 5.33. The first-order valence-electron chi connectivity index (χ1n) is 9.62. The summed E-state index contributed by atoms with van der Waals surface area (Å²) in [5.74, 6) is 0. The lowest BCUT2D eigenvalue weighted by atomic mass is 10.1.